The molecule has 0 bridgehead atoms. The fourth-order valence-electron chi connectivity index (χ4n) is 5.08. The monoisotopic (exact) mass is 586 g/mol. The molecule has 41 heavy (non-hydrogen) atoms. The highest BCUT2D eigenvalue weighted by atomic mass is 32.2. The number of aryl methyl sites for hydroxylation is 3. The summed E-state index contributed by atoms with van der Waals surface area (Å²) in [4.78, 5) is 24.3. The van der Waals surface area contributed by atoms with Crippen LogP contribution in [-0.2, 0) is 27.4 Å². The van der Waals surface area contributed by atoms with Crippen molar-refractivity contribution in [1.82, 2.24) is 9.88 Å². The van der Waals surface area contributed by atoms with Crippen LogP contribution in [0.4, 0.5) is 9.18 Å². The number of methoxy groups -OCH3 is 1. The predicted octanol–water partition coefficient (Wildman–Crippen LogP) is 5.19. The summed E-state index contributed by atoms with van der Waals surface area (Å²) < 4.78 is 57.0. The van der Waals surface area contributed by atoms with E-state index in [1.165, 1.54) is 29.9 Å². The number of carbonyl (C=O) groups excluding carboxylic acids is 1. The second-order valence-electron chi connectivity index (χ2n) is 10.6. The predicted molar refractivity (Wildman–Crippen MR) is 154 cm³/mol. The van der Waals surface area contributed by atoms with Crippen LogP contribution in [0, 0.1) is 19.7 Å². The van der Waals surface area contributed by atoms with Crippen LogP contribution < -0.4 is 20.3 Å². The second kappa shape index (κ2) is 12.3. The maximum absolute atomic E-state index is 14.0. The van der Waals surface area contributed by atoms with Crippen LogP contribution >= 0.6 is 0 Å². The lowest BCUT2D eigenvalue weighted by molar-refractivity contribution is 0.129. The zero-order valence-corrected chi connectivity index (χ0v) is 24.6. The van der Waals surface area contributed by atoms with Crippen molar-refractivity contribution in [2.45, 2.75) is 57.4 Å². The number of carbonyl (C=O) groups is 1. The lowest BCUT2D eigenvalue weighted by atomic mass is 9.93. The van der Waals surface area contributed by atoms with Gasteiger partial charge in [0.15, 0.2) is 9.84 Å². The van der Waals surface area contributed by atoms with E-state index in [0.717, 1.165) is 6.26 Å². The van der Waals surface area contributed by atoms with E-state index < -0.39 is 15.9 Å². The molecule has 3 aromatic rings. The molecule has 1 aliphatic rings. The molecule has 0 radical (unpaired) electrons. The Kier molecular flexibility index (Phi) is 9.06. The van der Waals surface area contributed by atoms with Crippen molar-refractivity contribution in [2.24, 2.45) is 7.05 Å². The van der Waals surface area contributed by atoms with Crippen LogP contribution in [-0.4, -0.2) is 44.6 Å². The molecular formula is C30H35FN2O7S. The van der Waals surface area contributed by atoms with Gasteiger partial charge in [0, 0.05) is 42.7 Å². The molecule has 1 aliphatic carbocycles. The van der Waals surface area contributed by atoms with Gasteiger partial charge in [-0.25, -0.2) is 17.6 Å². The van der Waals surface area contributed by atoms with Crippen molar-refractivity contribution < 1.29 is 31.8 Å². The number of pyridine rings is 1. The molecule has 11 heteroatoms. The summed E-state index contributed by atoms with van der Waals surface area (Å²) in [5, 5.41) is 2.82. The van der Waals surface area contributed by atoms with Crippen molar-refractivity contribution in [3.8, 4) is 28.4 Å². The molecular weight excluding hydrogens is 551 g/mol. The maximum Gasteiger partial charge on any atom is 0.407 e. The summed E-state index contributed by atoms with van der Waals surface area (Å²) in [5.74, 6) is 0.656. The molecule has 1 heterocycles. The quantitative estimate of drug-likeness (QED) is 0.387. The fraction of sp³-hybridized carbons (Fsp3) is 0.400. The number of halogens is 1. The number of nitrogens with zero attached hydrogens (tertiary/aromatic N) is 1. The molecule has 4 rings (SSSR count). The fourth-order valence-corrected chi connectivity index (χ4v) is 5.87. The van der Waals surface area contributed by atoms with Gasteiger partial charge in [-0.1, -0.05) is 6.07 Å². The number of hydrogen-bond acceptors (Lipinski definition) is 7. The van der Waals surface area contributed by atoms with Gasteiger partial charge in [-0.3, -0.25) is 4.79 Å². The molecule has 1 aromatic heterocycles. The zero-order valence-electron chi connectivity index (χ0n) is 23.8. The molecule has 2 aromatic carbocycles. The number of sulfone groups is 1. The normalized spacial score (nSPS) is 17.1. The molecule has 1 saturated carbocycles. The number of benzene rings is 2. The van der Waals surface area contributed by atoms with Crippen molar-refractivity contribution in [3.05, 3.63) is 75.5 Å². The van der Waals surface area contributed by atoms with E-state index in [1.807, 2.05) is 0 Å². The van der Waals surface area contributed by atoms with Gasteiger partial charge in [0.2, 0.25) is 0 Å². The Bertz CT molecular complexity index is 1590. The Morgan fingerprint density at radius 2 is 1.68 bits per heavy atom. The van der Waals surface area contributed by atoms with Crippen LogP contribution in [0.15, 0.2) is 47.4 Å². The van der Waals surface area contributed by atoms with Gasteiger partial charge in [-0.15, -0.1) is 0 Å². The van der Waals surface area contributed by atoms with Crippen LogP contribution in [0.5, 0.6) is 17.2 Å². The molecule has 0 aliphatic heterocycles. The summed E-state index contributed by atoms with van der Waals surface area (Å²) in [6.07, 6.45) is 4.78. The van der Waals surface area contributed by atoms with Crippen molar-refractivity contribution in [2.75, 3.05) is 13.4 Å². The highest BCUT2D eigenvalue weighted by Crippen LogP contribution is 2.41. The Hall–Kier alpha value is -3.86. The lowest BCUT2D eigenvalue weighted by Crippen LogP contribution is -2.39. The Morgan fingerprint density at radius 1 is 1.02 bits per heavy atom. The topological polar surface area (TPSA) is 113 Å². The summed E-state index contributed by atoms with van der Waals surface area (Å²) in [6.45, 7) is 3.49. The molecule has 1 amide bonds. The minimum absolute atomic E-state index is 0.0275. The van der Waals surface area contributed by atoms with E-state index in [9.17, 15) is 22.4 Å². The number of hydrogen-bond donors (Lipinski definition) is 1. The standard InChI is InChI=1S/C30H35FN2O7S/c1-18-12-21(31)13-19(2)29(18)40-26-11-6-20(17-41(5,36)37)14-24(26)25-16-33(3)28(34)15-27(25)39-23-9-7-22(8-10-23)32-30(35)38-4/h6,11-16,22-23H,7-10,17H2,1-5H3,(H,32,35)/t22-,23-. The molecule has 220 valence electrons. The first-order chi connectivity index (χ1) is 19.3. The number of rotatable bonds is 8. The van der Waals surface area contributed by atoms with Gasteiger partial charge >= 0.3 is 6.09 Å². The first-order valence-electron chi connectivity index (χ1n) is 13.3. The number of nitrogens with one attached hydrogen (secondary N) is 1. The minimum atomic E-state index is -3.34. The average Bonchev–Trinajstić information content (AvgIpc) is 2.89. The smallest absolute Gasteiger partial charge is 0.407 e. The third-order valence-electron chi connectivity index (χ3n) is 7.07. The Balaban J connectivity index is 1.75. The number of aromatic nitrogens is 1. The summed E-state index contributed by atoms with van der Waals surface area (Å²) >= 11 is 0. The number of ether oxygens (including phenoxy) is 3. The largest absolute Gasteiger partial charge is 0.490 e. The molecule has 1 fully saturated rings. The molecule has 0 spiro atoms. The third-order valence-corrected chi connectivity index (χ3v) is 7.92. The lowest BCUT2D eigenvalue weighted by Gasteiger charge is -2.30. The first kappa shape index (κ1) is 30.1. The molecule has 0 saturated heterocycles. The molecule has 0 atom stereocenters. The highest BCUT2D eigenvalue weighted by Gasteiger charge is 2.26. The molecule has 9 nitrogen and oxygen atoms in total. The highest BCUT2D eigenvalue weighted by molar-refractivity contribution is 7.89. The average molecular weight is 587 g/mol. The van der Waals surface area contributed by atoms with Gasteiger partial charge in [0.05, 0.1) is 19.0 Å². The number of alkyl carbamates (subject to hydrolysis) is 1. The Labute approximate surface area is 239 Å². The van der Waals surface area contributed by atoms with E-state index in [2.05, 4.69) is 5.32 Å². The maximum atomic E-state index is 14.0. The van der Waals surface area contributed by atoms with E-state index >= 15 is 0 Å². The van der Waals surface area contributed by atoms with Crippen molar-refractivity contribution >= 4 is 15.9 Å². The van der Waals surface area contributed by atoms with Gasteiger partial charge < -0.3 is 24.1 Å². The zero-order chi connectivity index (χ0) is 29.9. The Morgan fingerprint density at radius 3 is 2.29 bits per heavy atom. The molecule has 0 unspecified atom stereocenters. The summed E-state index contributed by atoms with van der Waals surface area (Å²) in [6, 6.07) is 9.21. The first-order valence-corrected chi connectivity index (χ1v) is 15.4. The second-order valence-corrected chi connectivity index (χ2v) is 12.7. The van der Waals surface area contributed by atoms with Crippen LogP contribution in [0.25, 0.3) is 11.1 Å². The van der Waals surface area contributed by atoms with Crippen molar-refractivity contribution in [3.63, 3.8) is 0 Å². The summed E-state index contributed by atoms with van der Waals surface area (Å²) in [7, 11) is -0.395. The van der Waals surface area contributed by atoms with E-state index in [1.54, 1.807) is 45.3 Å². The van der Waals surface area contributed by atoms with Gasteiger partial charge in [-0.05, 0) is 80.5 Å². The van der Waals surface area contributed by atoms with Gasteiger partial charge in [0.25, 0.3) is 5.56 Å². The van der Waals surface area contributed by atoms with E-state index in [4.69, 9.17) is 14.2 Å². The van der Waals surface area contributed by atoms with Gasteiger partial charge in [0.1, 0.15) is 23.1 Å². The number of amides is 1. The van der Waals surface area contributed by atoms with Crippen LogP contribution in [0.2, 0.25) is 0 Å². The van der Waals surface area contributed by atoms with Crippen LogP contribution in [0.3, 0.4) is 0 Å². The van der Waals surface area contributed by atoms with Gasteiger partial charge in [-0.2, -0.15) is 0 Å². The summed E-state index contributed by atoms with van der Waals surface area (Å²) in [5.41, 5.74) is 2.54. The van der Waals surface area contributed by atoms with E-state index in [0.29, 0.717) is 70.7 Å². The minimum Gasteiger partial charge on any atom is -0.490 e. The third kappa shape index (κ3) is 7.66. The van der Waals surface area contributed by atoms with E-state index in [-0.39, 0.29) is 29.3 Å². The van der Waals surface area contributed by atoms with Crippen LogP contribution in [0.1, 0.15) is 42.4 Å². The van der Waals surface area contributed by atoms with Crippen molar-refractivity contribution in [1.29, 1.82) is 0 Å². The molecule has 1 N–H and O–H groups in total. The SMILES string of the molecule is COC(=O)N[C@H]1CC[C@H](Oc2cc(=O)n(C)cc2-c2cc(CS(C)(=O)=O)ccc2Oc2c(C)cc(F)cc2C)CC1.